The number of rotatable bonds is 9. The third kappa shape index (κ3) is 5.97. The van der Waals surface area contributed by atoms with E-state index in [1.807, 2.05) is 55.7 Å². The molecular formula is C24H28N4O3S. The number of esters is 1. The molecule has 32 heavy (non-hydrogen) atoms. The summed E-state index contributed by atoms with van der Waals surface area (Å²) in [5.41, 5.74) is 4.26. The van der Waals surface area contributed by atoms with Gasteiger partial charge >= 0.3 is 5.97 Å². The van der Waals surface area contributed by atoms with Gasteiger partial charge in [0, 0.05) is 13.1 Å². The van der Waals surface area contributed by atoms with Gasteiger partial charge in [-0.25, -0.2) is 0 Å². The Labute approximate surface area is 192 Å². The molecule has 7 nitrogen and oxygen atoms in total. The van der Waals surface area contributed by atoms with Crippen LogP contribution in [0.25, 0.3) is 5.69 Å². The predicted molar refractivity (Wildman–Crippen MR) is 125 cm³/mol. The summed E-state index contributed by atoms with van der Waals surface area (Å²) in [4.78, 5) is 26.4. The molecule has 1 aromatic heterocycles. The number of thioether (sulfide) groups is 1. The van der Waals surface area contributed by atoms with Crippen LogP contribution in [-0.4, -0.2) is 50.9 Å². The normalized spacial score (nSPS) is 10.8. The molecule has 0 saturated heterocycles. The van der Waals surface area contributed by atoms with Crippen molar-refractivity contribution in [3.63, 3.8) is 0 Å². The Kier molecular flexibility index (Phi) is 8.05. The van der Waals surface area contributed by atoms with E-state index in [1.165, 1.54) is 18.9 Å². The van der Waals surface area contributed by atoms with E-state index in [-0.39, 0.29) is 24.1 Å². The van der Waals surface area contributed by atoms with Crippen LogP contribution in [0.4, 0.5) is 0 Å². The monoisotopic (exact) mass is 452 g/mol. The number of aromatic nitrogens is 3. The molecule has 1 amide bonds. The van der Waals surface area contributed by atoms with E-state index >= 15 is 0 Å². The fourth-order valence-electron chi connectivity index (χ4n) is 3.32. The Hall–Kier alpha value is -3.13. The van der Waals surface area contributed by atoms with Gasteiger partial charge < -0.3 is 9.64 Å². The minimum atomic E-state index is -0.339. The average molecular weight is 453 g/mol. The largest absolute Gasteiger partial charge is 0.469 e. The molecule has 3 rings (SSSR count). The number of benzene rings is 2. The molecule has 0 unspecified atom stereocenters. The fraction of sp³-hybridized carbons (Fsp3) is 0.333. The summed E-state index contributed by atoms with van der Waals surface area (Å²) < 4.78 is 6.73. The molecule has 2 aromatic carbocycles. The lowest BCUT2D eigenvalue weighted by molar-refractivity contribution is -0.141. The van der Waals surface area contributed by atoms with Crippen molar-refractivity contribution in [1.29, 1.82) is 0 Å². The number of methoxy groups -OCH3 is 1. The Bertz CT molecular complexity index is 1080. The van der Waals surface area contributed by atoms with Gasteiger partial charge in [-0.15, -0.1) is 10.2 Å². The second-order valence-corrected chi connectivity index (χ2v) is 8.51. The maximum absolute atomic E-state index is 13.1. The molecule has 0 spiro atoms. The minimum absolute atomic E-state index is 0.0732. The van der Waals surface area contributed by atoms with E-state index in [9.17, 15) is 9.59 Å². The number of carbonyl (C=O) groups is 2. The van der Waals surface area contributed by atoms with Crippen molar-refractivity contribution in [2.24, 2.45) is 0 Å². The van der Waals surface area contributed by atoms with Crippen LogP contribution in [0.5, 0.6) is 0 Å². The van der Waals surface area contributed by atoms with E-state index in [0.29, 0.717) is 18.2 Å². The van der Waals surface area contributed by atoms with Crippen molar-refractivity contribution in [3.8, 4) is 5.69 Å². The summed E-state index contributed by atoms with van der Waals surface area (Å²) in [7, 11) is 1.35. The summed E-state index contributed by atoms with van der Waals surface area (Å²) in [6.07, 6.45) is 0.150. The van der Waals surface area contributed by atoms with Crippen molar-refractivity contribution in [2.45, 2.75) is 38.9 Å². The summed E-state index contributed by atoms with van der Waals surface area (Å²) in [6, 6.07) is 16.0. The third-order valence-electron chi connectivity index (χ3n) is 5.11. The van der Waals surface area contributed by atoms with Crippen LogP contribution in [0, 0.1) is 20.8 Å². The topological polar surface area (TPSA) is 77.3 Å². The Morgan fingerprint density at radius 1 is 1.06 bits per heavy atom. The zero-order chi connectivity index (χ0) is 23.1. The SMILES string of the molecule is COC(=O)CCN(Cc1ccccc1)C(=O)CSc1nnc(C)n1-c1cc(C)ccc1C. The lowest BCUT2D eigenvalue weighted by Crippen LogP contribution is -2.34. The van der Waals surface area contributed by atoms with Crippen LogP contribution in [-0.2, 0) is 20.9 Å². The number of hydrogen-bond acceptors (Lipinski definition) is 6. The third-order valence-corrected chi connectivity index (χ3v) is 6.02. The zero-order valence-electron chi connectivity index (χ0n) is 18.9. The molecule has 0 bridgehead atoms. The highest BCUT2D eigenvalue weighted by Crippen LogP contribution is 2.25. The van der Waals surface area contributed by atoms with Crippen LogP contribution in [0.1, 0.15) is 28.9 Å². The highest BCUT2D eigenvalue weighted by molar-refractivity contribution is 7.99. The second-order valence-electron chi connectivity index (χ2n) is 7.57. The molecule has 0 atom stereocenters. The van der Waals surface area contributed by atoms with Crippen molar-refractivity contribution >= 4 is 23.6 Å². The fourth-order valence-corrected chi connectivity index (χ4v) is 4.21. The van der Waals surface area contributed by atoms with E-state index in [1.54, 1.807) is 4.90 Å². The van der Waals surface area contributed by atoms with E-state index in [4.69, 9.17) is 4.74 Å². The summed E-state index contributed by atoms with van der Waals surface area (Å²) in [5, 5.41) is 9.19. The maximum Gasteiger partial charge on any atom is 0.307 e. The van der Waals surface area contributed by atoms with Crippen molar-refractivity contribution in [1.82, 2.24) is 19.7 Å². The zero-order valence-corrected chi connectivity index (χ0v) is 19.7. The predicted octanol–water partition coefficient (Wildman–Crippen LogP) is 3.88. The molecule has 0 aliphatic heterocycles. The number of nitrogens with zero attached hydrogens (tertiary/aromatic N) is 4. The van der Waals surface area contributed by atoms with E-state index in [2.05, 4.69) is 28.4 Å². The van der Waals surface area contributed by atoms with Gasteiger partial charge in [0.05, 0.1) is 25.0 Å². The number of ether oxygens (including phenoxy) is 1. The van der Waals surface area contributed by atoms with Crippen molar-refractivity contribution < 1.29 is 14.3 Å². The molecule has 0 aliphatic carbocycles. The highest BCUT2D eigenvalue weighted by Gasteiger charge is 2.19. The number of amides is 1. The van der Waals surface area contributed by atoms with E-state index < -0.39 is 0 Å². The summed E-state index contributed by atoms with van der Waals surface area (Å²) in [6.45, 7) is 6.71. The molecule has 0 aliphatic rings. The lowest BCUT2D eigenvalue weighted by Gasteiger charge is -2.22. The van der Waals surface area contributed by atoms with Crippen LogP contribution < -0.4 is 0 Å². The summed E-state index contributed by atoms with van der Waals surface area (Å²) in [5.74, 6) is 0.544. The Morgan fingerprint density at radius 3 is 2.53 bits per heavy atom. The molecule has 3 aromatic rings. The summed E-state index contributed by atoms with van der Waals surface area (Å²) >= 11 is 1.35. The molecule has 0 saturated carbocycles. The van der Waals surface area contributed by atoms with Gasteiger partial charge in [-0.1, -0.05) is 54.2 Å². The van der Waals surface area contributed by atoms with Crippen LogP contribution >= 0.6 is 11.8 Å². The Morgan fingerprint density at radius 2 is 1.81 bits per heavy atom. The number of carbonyl (C=O) groups excluding carboxylic acids is 2. The minimum Gasteiger partial charge on any atom is -0.469 e. The number of aryl methyl sites for hydroxylation is 3. The first kappa shape index (κ1) is 23.5. The average Bonchev–Trinajstić information content (AvgIpc) is 3.17. The molecule has 0 N–H and O–H groups in total. The first-order chi connectivity index (χ1) is 15.4. The van der Waals surface area contributed by atoms with Gasteiger partial charge in [0.25, 0.3) is 0 Å². The van der Waals surface area contributed by atoms with Gasteiger partial charge in [-0.2, -0.15) is 0 Å². The van der Waals surface area contributed by atoms with Crippen LogP contribution in [0.3, 0.4) is 0 Å². The van der Waals surface area contributed by atoms with Crippen molar-refractivity contribution in [2.75, 3.05) is 19.4 Å². The maximum atomic E-state index is 13.1. The van der Waals surface area contributed by atoms with Gasteiger partial charge in [-0.3, -0.25) is 14.2 Å². The quantitative estimate of drug-likeness (QED) is 0.362. The first-order valence-electron chi connectivity index (χ1n) is 10.4. The molecule has 0 fully saturated rings. The molecule has 168 valence electrons. The standard InChI is InChI=1S/C24H28N4O3S/c1-17-10-11-18(2)21(14-17)28-19(3)25-26-24(28)32-16-22(29)27(13-12-23(30)31-4)15-20-8-6-5-7-9-20/h5-11,14H,12-13,15-16H2,1-4H3. The lowest BCUT2D eigenvalue weighted by atomic mass is 10.1. The molecule has 1 heterocycles. The van der Waals surface area contributed by atoms with Gasteiger partial charge in [0.2, 0.25) is 5.91 Å². The van der Waals surface area contributed by atoms with Crippen LogP contribution in [0.2, 0.25) is 0 Å². The molecule has 8 heteroatoms. The second kappa shape index (κ2) is 10.9. The number of hydrogen-bond donors (Lipinski definition) is 0. The van der Waals surface area contributed by atoms with Gasteiger partial charge in [0.15, 0.2) is 5.16 Å². The van der Waals surface area contributed by atoms with Gasteiger partial charge in [0.1, 0.15) is 5.82 Å². The first-order valence-corrected chi connectivity index (χ1v) is 11.4. The van der Waals surface area contributed by atoms with Crippen molar-refractivity contribution in [3.05, 3.63) is 71.0 Å². The van der Waals surface area contributed by atoms with Crippen LogP contribution in [0.15, 0.2) is 53.7 Å². The van der Waals surface area contributed by atoms with E-state index in [0.717, 1.165) is 28.2 Å². The molecular weight excluding hydrogens is 424 g/mol. The highest BCUT2D eigenvalue weighted by atomic mass is 32.2. The smallest absolute Gasteiger partial charge is 0.307 e. The van der Waals surface area contributed by atoms with Gasteiger partial charge in [-0.05, 0) is 43.5 Å². The Balaban J connectivity index is 1.76. The molecule has 0 radical (unpaired) electrons.